The molecule has 0 aliphatic carbocycles. The SMILES string of the molecule is Cc1cc(Br)cc(NS(=O)(=O)N(C)C(C)C)c1. The van der Waals surface area contributed by atoms with Crippen molar-refractivity contribution < 1.29 is 8.42 Å². The van der Waals surface area contributed by atoms with Crippen LogP contribution in [0.3, 0.4) is 0 Å². The summed E-state index contributed by atoms with van der Waals surface area (Å²) < 4.78 is 28.6. The van der Waals surface area contributed by atoms with Gasteiger partial charge in [-0.3, -0.25) is 4.72 Å². The van der Waals surface area contributed by atoms with E-state index in [9.17, 15) is 8.42 Å². The number of nitrogens with one attached hydrogen (secondary N) is 1. The van der Waals surface area contributed by atoms with Crippen molar-refractivity contribution in [3.8, 4) is 0 Å². The van der Waals surface area contributed by atoms with Crippen LogP contribution in [0.1, 0.15) is 19.4 Å². The fourth-order valence-corrected chi connectivity index (χ4v) is 3.02. The van der Waals surface area contributed by atoms with Crippen molar-refractivity contribution >= 4 is 31.8 Å². The highest BCUT2D eigenvalue weighted by Gasteiger charge is 2.20. The molecule has 0 atom stereocenters. The Kier molecular flexibility index (Phi) is 4.57. The van der Waals surface area contributed by atoms with Crippen molar-refractivity contribution in [2.24, 2.45) is 0 Å². The zero-order valence-electron chi connectivity index (χ0n) is 10.4. The number of halogens is 1. The number of nitrogens with zero attached hydrogens (tertiary/aromatic N) is 1. The summed E-state index contributed by atoms with van der Waals surface area (Å²) in [5.41, 5.74) is 1.55. The minimum Gasteiger partial charge on any atom is -0.271 e. The Morgan fingerprint density at radius 1 is 1.29 bits per heavy atom. The average Bonchev–Trinajstić information content (AvgIpc) is 2.13. The lowest BCUT2D eigenvalue weighted by atomic mass is 10.2. The van der Waals surface area contributed by atoms with E-state index in [2.05, 4.69) is 20.7 Å². The number of rotatable bonds is 4. The topological polar surface area (TPSA) is 49.4 Å². The third-order valence-corrected chi connectivity index (χ3v) is 4.53. The summed E-state index contributed by atoms with van der Waals surface area (Å²) in [4.78, 5) is 0. The largest absolute Gasteiger partial charge is 0.301 e. The summed E-state index contributed by atoms with van der Waals surface area (Å²) >= 11 is 3.34. The van der Waals surface area contributed by atoms with Crippen LogP contribution in [0.2, 0.25) is 0 Å². The third kappa shape index (κ3) is 3.97. The maximum atomic E-state index is 12.0. The molecule has 0 amide bonds. The maximum absolute atomic E-state index is 12.0. The summed E-state index contributed by atoms with van der Waals surface area (Å²) in [7, 11) is -1.93. The van der Waals surface area contributed by atoms with Gasteiger partial charge in [-0.15, -0.1) is 0 Å². The van der Waals surface area contributed by atoms with Crippen LogP contribution in [0.4, 0.5) is 5.69 Å². The Hall–Kier alpha value is -0.590. The van der Waals surface area contributed by atoms with Crippen LogP contribution in [-0.2, 0) is 10.2 Å². The highest BCUT2D eigenvalue weighted by atomic mass is 79.9. The van der Waals surface area contributed by atoms with E-state index in [0.29, 0.717) is 5.69 Å². The van der Waals surface area contributed by atoms with E-state index in [-0.39, 0.29) is 6.04 Å². The lowest BCUT2D eigenvalue weighted by Crippen LogP contribution is -2.37. The fraction of sp³-hybridized carbons (Fsp3) is 0.455. The molecule has 0 unspecified atom stereocenters. The zero-order chi connectivity index (χ0) is 13.2. The fourth-order valence-electron chi connectivity index (χ4n) is 1.29. The number of hydrogen-bond donors (Lipinski definition) is 1. The number of benzene rings is 1. The van der Waals surface area contributed by atoms with Crippen LogP contribution in [0.15, 0.2) is 22.7 Å². The van der Waals surface area contributed by atoms with Crippen molar-refractivity contribution in [1.29, 1.82) is 0 Å². The summed E-state index contributed by atoms with van der Waals surface area (Å²) in [6.45, 7) is 5.56. The molecule has 96 valence electrons. The molecule has 0 radical (unpaired) electrons. The molecule has 1 N–H and O–H groups in total. The van der Waals surface area contributed by atoms with Crippen LogP contribution < -0.4 is 4.72 Å². The molecular weight excluding hydrogens is 304 g/mol. The zero-order valence-corrected chi connectivity index (χ0v) is 12.8. The van der Waals surface area contributed by atoms with Gasteiger partial charge in [0.25, 0.3) is 0 Å². The molecule has 1 aromatic carbocycles. The van der Waals surface area contributed by atoms with Crippen LogP contribution in [0.25, 0.3) is 0 Å². The molecule has 0 aliphatic rings. The van der Waals surface area contributed by atoms with Gasteiger partial charge in [-0.2, -0.15) is 12.7 Å². The number of anilines is 1. The van der Waals surface area contributed by atoms with E-state index in [4.69, 9.17) is 0 Å². The van der Waals surface area contributed by atoms with E-state index in [0.717, 1.165) is 10.0 Å². The maximum Gasteiger partial charge on any atom is 0.301 e. The van der Waals surface area contributed by atoms with E-state index in [1.54, 1.807) is 19.2 Å². The van der Waals surface area contributed by atoms with E-state index < -0.39 is 10.2 Å². The Labute approximate surface area is 111 Å². The van der Waals surface area contributed by atoms with Crippen LogP contribution >= 0.6 is 15.9 Å². The molecule has 0 saturated heterocycles. The Morgan fingerprint density at radius 3 is 2.35 bits per heavy atom. The normalized spacial score (nSPS) is 12.2. The molecule has 0 heterocycles. The summed E-state index contributed by atoms with van der Waals surface area (Å²) in [6.07, 6.45) is 0. The van der Waals surface area contributed by atoms with Crippen molar-refractivity contribution in [1.82, 2.24) is 4.31 Å². The van der Waals surface area contributed by atoms with Gasteiger partial charge in [0.15, 0.2) is 0 Å². The number of aryl methyl sites for hydroxylation is 1. The molecule has 4 nitrogen and oxygen atoms in total. The van der Waals surface area contributed by atoms with Crippen LogP contribution in [0.5, 0.6) is 0 Å². The quantitative estimate of drug-likeness (QED) is 0.927. The first-order valence-electron chi connectivity index (χ1n) is 5.25. The molecular formula is C11H17BrN2O2S. The molecule has 0 fully saturated rings. The Bertz CT molecular complexity index is 480. The van der Waals surface area contributed by atoms with Crippen molar-refractivity contribution in [3.05, 3.63) is 28.2 Å². The second kappa shape index (κ2) is 5.37. The van der Waals surface area contributed by atoms with Gasteiger partial charge in [0.1, 0.15) is 0 Å². The van der Waals surface area contributed by atoms with Crippen LogP contribution in [-0.4, -0.2) is 25.8 Å². The van der Waals surface area contributed by atoms with Gasteiger partial charge >= 0.3 is 10.2 Å². The Morgan fingerprint density at radius 2 is 1.88 bits per heavy atom. The predicted octanol–water partition coefficient (Wildman–Crippen LogP) is 2.75. The first-order valence-corrected chi connectivity index (χ1v) is 7.48. The molecule has 0 spiro atoms. The summed E-state index contributed by atoms with van der Waals surface area (Å²) in [5.74, 6) is 0. The predicted molar refractivity (Wildman–Crippen MR) is 74.3 cm³/mol. The van der Waals surface area contributed by atoms with Gasteiger partial charge in [0.05, 0.1) is 5.69 Å². The standard InChI is InChI=1S/C11H17BrN2O2S/c1-8(2)14(4)17(15,16)13-11-6-9(3)5-10(12)7-11/h5-8,13H,1-4H3. The average molecular weight is 321 g/mol. The Balaban J connectivity index is 2.98. The van der Waals surface area contributed by atoms with Gasteiger partial charge in [0, 0.05) is 17.6 Å². The minimum atomic E-state index is -3.48. The summed E-state index contributed by atoms with van der Waals surface area (Å²) in [6, 6.07) is 5.36. The second-order valence-corrected chi connectivity index (χ2v) is 6.88. The molecule has 0 bridgehead atoms. The molecule has 0 aromatic heterocycles. The van der Waals surface area contributed by atoms with Gasteiger partial charge in [0.2, 0.25) is 0 Å². The molecule has 1 aromatic rings. The highest BCUT2D eigenvalue weighted by Crippen LogP contribution is 2.20. The van der Waals surface area contributed by atoms with Crippen molar-refractivity contribution in [3.63, 3.8) is 0 Å². The minimum absolute atomic E-state index is 0.0826. The molecule has 17 heavy (non-hydrogen) atoms. The molecule has 6 heteroatoms. The smallest absolute Gasteiger partial charge is 0.271 e. The first-order chi connectivity index (χ1) is 7.72. The van der Waals surface area contributed by atoms with Crippen molar-refractivity contribution in [2.75, 3.05) is 11.8 Å². The van der Waals surface area contributed by atoms with Gasteiger partial charge in [-0.1, -0.05) is 15.9 Å². The molecule has 1 rings (SSSR count). The van der Waals surface area contributed by atoms with E-state index in [1.165, 1.54) is 4.31 Å². The van der Waals surface area contributed by atoms with Gasteiger partial charge in [-0.25, -0.2) is 0 Å². The number of hydrogen-bond acceptors (Lipinski definition) is 2. The highest BCUT2D eigenvalue weighted by molar-refractivity contribution is 9.10. The third-order valence-electron chi connectivity index (χ3n) is 2.40. The monoisotopic (exact) mass is 320 g/mol. The lowest BCUT2D eigenvalue weighted by molar-refractivity contribution is 0.414. The molecule has 0 saturated carbocycles. The van der Waals surface area contributed by atoms with E-state index >= 15 is 0 Å². The second-order valence-electron chi connectivity index (χ2n) is 4.23. The first kappa shape index (κ1) is 14.5. The lowest BCUT2D eigenvalue weighted by Gasteiger charge is -2.21. The van der Waals surface area contributed by atoms with Gasteiger partial charge < -0.3 is 0 Å². The summed E-state index contributed by atoms with van der Waals surface area (Å²) in [5, 5.41) is 0. The van der Waals surface area contributed by atoms with Crippen molar-refractivity contribution in [2.45, 2.75) is 26.8 Å². The molecule has 0 aliphatic heterocycles. The van der Waals surface area contributed by atoms with Crippen LogP contribution in [0, 0.1) is 6.92 Å². The van der Waals surface area contributed by atoms with Gasteiger partial charge in [-0.05, 0) is 44.5 Å². The van der Waals surface area contributed by atoms with E-state index in [1.807, 2.05) is 26.8 Å².